The van der Waals surface area contributed by atoms with Crippen molar-refractivity contribution < 1.29 is 15.0 Å². The summed E-state index contributed by atoms with van der Waals surface area (Å²) in [5.41, 5.74) is -0.813. The summed E-state index contributed by atoms with van der Waals surface area (Å²) in [5.74, 6) is -1.06. The standard InChI is InChI=1S/C13H14N2O3S/c1-13(2,12-14-6-7-19-12)15-11(18)10-8(16)4-3-5-9(10)17/h3-7,16-17H,1-2H3,(H,15,18). The minimum absolute atomic E-state index is 0.132. The van der Waals surface area contributed by atoms with E-state index >= 15 is 0 Å². The number of phenols is 2. The first-order valence-electron chi connectivity index (χ1n) is 5.65. The molecule has 6 heteroatoms. The molecule has 0 fully saturated rings. The number of aromatic hydroxyl groups is 2. The van der Waals surface area contributed by atoms with Crippen molar-refractivity contribution in [1.29, 1.82) is 0 Å². The van der Waals surface area contributed by atoms with Gasteiger partial charge in [0.2, 0.25) is 0 Å². The Morgan fingerprint density at radius 1 is 1.32 bits per heavy atom. The van der Waals surface area contributed by atoms with Crippen LogP contribution in [0.15, 0.2) is 29.8 Å². The van der Waals surface area contributed by atoms with Crippen molar-refractivity contribution in [3.8, 4) is 11.5 Å². The predicted molar refractivity (Wildman–Crippen MR) is 72.4 cm³/mol. The van der Waals surface area contributed by atoms with Gasteiger partial charge in [0.15, 0.2) is 0 Å². The first-order valence-corrected chi connectivity index (χ1v) is 6.53. The minimum atomic E-state index is -0.681. The Morgan fingerprint density at radius 3 is 2.47 bits per heavy atom. The van der Waals surface area contributed by atoms with Gasteiger partial charge < -0.3 is 15.5 Å². The molecule has 5 nitrogen and oxygen atoms in total. The van der Waals surface area contributed by atoms with Gasteiger partial charge in [-0.1, -0.05) is 6.07 Å². The summed E-state index contributed by atoms with van der Waals surface area (Å²) in [5, 5.41) is 24.6. The van der Waals surface area contributed by atoms with E-state index in [-0.39, 0.29) is 17.1 Å². The van der Waals surface area contributed by atoms with Crippen molar-refractivity contribution in [2.45, 2.75) is 19.4 Å². The third kappa shape index (κ3) is 2.68. The first-order chi connectivity index (χ1) is 8.92. The molecular weight excluding hydrogens is 264 g/mol. The lowest BCUT2D eigenvalue weighted by molar-refractivity contribution is 0.0906. The normalized spacial score (nSPS) is 11.3. The number of thiazole rings is 1. The van der Waals surface area contributed by atoms with E-state index in [0.29, 0.717) is 0 Å². The second-order valence-corrected chi connectivity index (χ2v) is 5.48. The zero-order valence-corrected chi connectivity index (χ0v) is 11.4. The van der Waals surface area contributed by atoms with Gasteiger partial charge in [0, 0.05) is 11.6 Å². The molecule has 0 atom stereocenters. The highest BCUT2D eigenvalue weighted by Gasteiger charge is 2.28. The van der Waals surface area contributed by atoms with Crippen LogP contribution >= 0.6 is 11.3 Å². The number of nitrogens with zero attached hydrogens (tertiary/aromatic N) is 1. The van der Waals surface area contributed by atoms with Gasteiger partial charge in [0.05, 0.1) is 5.54 Å². The van der Waals surface area contributed by atoms with Crippen molar-refractivity contribution in [3.63, 3.8) is 0 Å². The Labute approximate surface area is 114 Å². The van der Waals surface area contributed by atoms with Crippen LogP contribution in [0.3, 0.4) is 0 Å². The number of aromatic nitrogens is 1. The number of amides is 1. The lowest BCUT2D eigenvalue weighted by atomic mass is 10.0. The highest BCUT2D eigenvalue weighted by Crippen LogP contribution is 2.28. The molecule has 0 aliphatic carbocycles. The van der Waals surface area contributed by atoms with E-state index in [1.165, 1.54) is 29.5 Å². The Morgan fingerprint density at radius 2 is 1.95 bits per heavy atom. The molecule has 1 amide bonds. The molecular formula is C13H14N2O3S. The van der Waals surface area contributed by atoms with Crippen LogP contribution in [0.5, 0.6) is 11.5 Å². The number of nitrogens with one attached hydrogen (secondary N) is 1. The highest BCUT2D eigenvalue weighted by molar-refractivity contribution is 7.09. The van der Waals surface area contributed by atoms with Crippen LogP contribution in [0.4, 0.5) is 0 Å². The zero-order chi connectivity index (χ0) is 14.0. The second kappa shape index (κ2) is 4.89. The molecule has 19 heavy (non-hydrogen) atoms. The van der Waals surface area contributed by atoms with E-state index in [4.69, 9.17) is 0 Å². The molecule has 1 aromatic heterocycles. The number of phenolic OH excluding ortho intramolecular Hbond substituents is 2. The minimum Gasteiger partial charge on any atom is -0.507 e. The lowest BCUT2D eigenvalue weighted by Crippen LogP contribution is -2.40. The number of carbonyl (C=O) groups excluding carboxylic acids is 1. The number of benzene rings is 1. The molecule has 1 aromatic carbocycles. The molecule has 100 valence electrons. The Kier molecular flexibility index (Phi) is 3.44. The molecule has 0 saturated heterocycles. The van der Waals surface area contributed by atoms with Crippen molar-refractivity contribution in [1.82, 2.24) is 10.3 Å². The molecule has 1 heterocycles. The van der Waals surface area contributed by atoms with Crippen LogP contribution in [-0.4, -0.2) is 21.1 Å². The SMILES string of the molecule is CC(C)(NC(=O)c1c(O)cccc1O)c1nccs1. The summed E-state index contributed by atoms with van der Waals surface area (Å²) in [6.45, 7) is 3.61. The Bertz CT molecular complexity index is 574. The Hall–Kier alpha value is -2.08. The fourth-order valence-electron chi connectivity index (χ4n) is 1.69. The third-order valence-electron chi connectivity index (χ3n) is 2.64. The van der Waals surface area contributed by atoms with Crippen LogP contribution < -0.4 is 5.32 Å². The molecule has 0 spiro atoms. The van der Waals surface area contributed by atoms with E-state index in [9.17, 15) is 15.0 Å². The van der Waals surface area contributed by atoms with Crippen LogP contribution in [0.2, 0.25) is 0 Å². The van der Waals surface area contributed by atoms with Gasteiger partial charge in [-0.15, -0.1) is 11.3 Å². The third-order valence-corrected chi connectivity index (χ3v) is 3.74. The fraction of sp³-hybridized carbons (Fsp3) is 0.231. The monoisotopic (exact) mass is 278 g/mol. The number of hydrogen-bond donors (Lipinski definition) is 3. The first kappa shape index (κ1) is 13.4. The largest absolute Gasteiger partial charge is 0.507 e. The second-order valence-electron chi connectivity index (χ2n) is 4.59. The molecule has 0 bridgehead atoms. The smallest absolute Gasteiger partial charge is 0.259 e. The summed E-state index contributed by atoms with van der Waals surface area (Å²) >= 11 is 1.42. The summed E-state index contributed by atoms with van der Waals surface area (Å²) < 4.78 is 0. The van der Waals surface area contributed by atoms with E-state index in [0.717, 1.165) is 5.01 Å². The number of rotatable bonds is 3. The molecule has 0 aliphatic rings. The number of hydrogen-bond acceptors (Lipinski definition) is 5. The van der Waals surface area contributed by atoms with E-state index < -0.39 is 11.4 Å². The van der Waals surface area contributed by atoms with Gasteiger partial charge in [-0.05, 0) is 26.0 Å². The summed E-state index contributed by atoms with van der Waals surface area (Å²) in [6, 6.07) is 4.17. The predicted octanol–water partition coefficient (Wildman–Crippen LogP) is 2.22. The van der Waals surface area contributed by atoms with E-state index in [1.54, 1.807) is 20.0 Å². The summed E-state index contributed by atoms with van der Waals surface area (Å²) in [6.07, 6.45) is 1.66. The van der Waals surface area contributed by atoms with Crippen LogP contribution in [0.25, 0.3) is 0 Å². The number of carbonyl (C=O) groups is 1. The highest BCUT2D eigenvalue weighted by atomic mass is 32.1. The Balaban J connectivity index is 2.27. The van der Waals surface area contributed by atoms with Gasteiger partial charge in [0.1, 0.15) is 22.1 Å². The van der Waals surface area contributed by atoms with Crippen LogP contribution in [0.1, 0.15) is 29.2 Å². The molecule has 2 aromatic rings. The van der Waals surface area contributed by atoms with Gasteiger partial charge >= 0.3 is 0 Å². The summed E-state index contributed by atoms with van der Waals surface area (Å²) in [4.78, 5) is 16.3. The fourth-order valence-corrected chi connectivity index (χ4v) is 2.41. The average Bonchev–Trinajstić information content (AvgIpc) is 2.81. The van der Waals surface area contributed by atoms with Crippen molar-refractivity contribution in [2.24, 2.45) is 0 Å². The molecule has 2 rings (SSSR count). The lowest BCUT2D eigenvalue weighted by Gasteiger charge is -2.24. The molecule has 0 unspecified atom stereocenters. The maximum Gasteiger partial charge on any atom is 0.259 e. The zero-order valence-electron chi connectivity index (χ0n) is 10.5. The molecule has 0 saturated carbocycles. The molecule has 0 aliphatic heterocycles. The van der Waals surface area contributed by atoms with Crippen molar-refractivity contribution >= 4 is 17.2 Å². The molecule has 3 N–H and O–H groups in total. The van der Waals surface area contributed by atoms with Crippen molar-refractivity contribution in [3.05, 3.63) is 40.3 Å². The van der Waals surface area contributed by atoms with Crippen LogP contribution in [0, 0.1) is 0 Å². The van der Waals surface area contributed by atoms with Gasteiger partial charge in [0.25, 0.3) is 5.91 Å². The van der Waals surface area contributed by atoms with Crippen molar-refractivity contribution in [2.75, 3.05) is 0 Å². The quantitative estimate of drug-likeness (QED) is 0.804. The van der Waals surface area contributed by atoms with Gasteiger partial charge in [-0.3, -0.25) is 4.79 Å². The average molecular weight is 278 g/mol. The van der Waals surface area contributed by atoms with Gasteiger partial charge in [-0.25, -0.2) is 4.98 Å². The molecule has 0 radical (unpaired) electrons. The van der Waals surface area contributed by atoms with E-state index in [1.807, 2.05) is 5.38 Å². The van der Waals surface area contributed by atoms with E-state index in [2.05, 4.69) is 10.3 Å². The maximum atomic E-state index is 12.1. The summed E-state index contributed by atoms with van der Waals surface area (Å²) in [7, 11) is 0. The van der Waals surface area contributed by atoms with Gasteiger partial charge in [-0.2, -0.15) is 0 Å². The topological polar surface area (TPSA) is 82.5 Å². The maximum absolute atomic E-state index is 12.1. The van der Waals surface area contributed by atoms with Crippen LogP contribution in [-0.2, 0) is 5.54 Å².